The number of nitrogens with zero attached hydrogens (tertiary/aromatic N) is 1. The fourth-order valence-electron chi connectivity index (χ4n) is 3.45. The monoisotopic (exact) mass is 381 g/mol. The summed E-state index contributed by atoms with van der Waals surface area (Å²) < 4.78 is 1.03. The number of nitrogens with one attached hydrogen (secondary N) is 2. The number of benzene rings is 1. The first-order chi connectivity index (χ1) is 10.9. The van der Waals surface area contributed by atoms with E-state index in [0.717, 1.165) is 41.6 Å². The molecule has 1 fully saturated rings. The van der Waals surface area contributed by atoms with Crippen LogP contribution in [0.15, 0.2) is 28.7 Å². The van der Waals surface area contributed by atoms with Gasteiger partial charge >= 0.3 is 0 Å². The highest BCUT2D eigenvalue weighted by atomic mass is 79.9. The van der Waals surface area contributed by atoms with E-state index in [1.807, 2.05) is 24.3 Å². The summed E-state index contributed by atoms with van der Waals surface area (Å²) in [6.07, 6.45) is 1.31. The van der Waals surface area contributed by atoms with E-state index in [4.69, 9.17) is 0 Å². The zero-order valence-electron chi connectivity index (χ0n) is 14.3. The van der Waals surface area contributed by atoms with Gasteiger partial charge in [0.15, 0.2) is 0 Å². The van der Waals surface area contributed by atoms with E-state index in [1.165, 1.54) is 6.42 Å². The van der Waals surface area contributed by atoms with Gasteiger partial charge in [-0.3, -0.25) is 4.79 Å². The third-order valence-electron chi connectivity index (χ3n) is 4.18. The fraction of sp³-hybridized carbons (Fsp3) is 0.611. The van der Waals surface area contributed by atoms with Crippen LogP contribution in [-0.2, 0) is 4.79 Å². The summed E-state index contributed by atoms with van der Waals surface area (Å²) in [6, 6.07) is 8.00. The van der Waals surface area contributed by atoms with E-state index in [1.54, 1.807) is 0 Å². The Morgan fingerprint density at radius 1 is 1.26 bits per heavy atom. The van der Waals surface area contributed by atoms with Crippen molar-refractivity contribution in [2.24, 2.45) is 11.8 Å². The van der Waals surface area contributed by atoms with Gasteiger partial charge in [0, 0.05) is 35.8 Å². The summed E-state index contributed by atoms with van der Waals surface area (Å²) in [5.74, 6) is 1.54. The maximum absolute atomic E-state index is 12.1. The molecule has 0 spiro atoms. The summed E-state index contributed by atoms with van der Waals surface area (Å²) in [5, 5.41) is 6.23. The van der Waals surface area contributed by atoms with Gasteiger partial charge in [0.25, 0.3) is 0 Å². The van der Waals surface area contributed by atoms with Crippen LogP contribution < -0.4 is 10.6 Å². The maximum Gasteiger partial charge on any atom is 0.239 e. The van der Waals surface area contributed by atoms with E-state index in [0.29, 0.717) is 6.54 Å². The van der Waals surface area contributed by atoms with Crippen molar-refractivity contribution in [2.75, 3.05) is 31.5 Å². The Kier molecular flexibility index (Phi) is 6.90. The van der Waals surface area contributed by atoms with E-state index in [2.05, 4.69) is 52.2 Å². The number of likely N-dealkylation sites (tertiary alicyclic amines) is 1. The van der Waals surface area contributed by atoms with Crippen molar-refractivity contribution < 1.29 is 4.79 Å². The fourth-order valence-corrected chi connectivity index (χ4v) is 3.71. The van der Waals surface area contributed by atoms with Gasteiger partial charge in [-0.15, -0.1) is 0 Å². The first-order valence-electron chi connectivity index (χ1n) is 8.43. The summed E-state index contributed by atoms with van der Waals surface area (Å²) in [7, 11) is 0. The van der Waals surface area contributed by atoms with Crippen molar-refractivity contribution in [1.29, 1.82) is 0 Å². The van der Waals surface area contributed by atoms with Crippen LogP contribution >= 0.6 is 15.9 Å². The Balaban J connectivity index is 1.70. The molecule has 0 saturated carbocycles. The highest BCUT2D eigenvalue weighted by Crippen LogP contribution is 2.20. The Bertz CT molecular complexity index is 495. The minimum absolute atomic E-state index is 0.0403. The molecule has 1 aromatic carbocycles. The molecule has 2 N–H and O–H groups in total. The minimum Gasteiger partial charge on any atom is -0.376 e. The number of carbonyl (C=O) groups excluding carboxylic acids is 1. The second-order valence-corrected chi connectivity index (χ2v) is 7.91. The SMILES string of the molecule is C[C@@H]1C[C@H](C)CN(C[C@H](C)NC(=O)CNc2ccc(Br)cc2)C1. The summed E-state index contributed by atoms with van der Waals surface area (Å²) in [6.45, 7) is 10.2. The van der Waals surface area contributed by atoms with Crippen molar-refractivity contribution in [3.8, 4) is 0 Å². The number of halogens is 1. The lowest BCUT2D eigenvalue weighted by atomic mass is 9.92. The molecule has 3 atom stereocenters. The third-order valence-corrected chi connectivity index (χ3v) is 4.71. The largest absolute Gasteiger partial charge is 0.376 e. The summed E-state index contributed by atoms with van der Waals surface area (Å²) in [4.78, 5) is 14.5. The molecule has 1 saturated heterocycles. The maximum atomic E-state index is 12.1. The number of anilines is 1. The van der Waals surface area contributed by atoms with Crippen LogP contribution in [0.25, 0.3) is 0 Å². The van der Waals surface area contributed by atoms with Gasteiger partial charge < -0.3 is 15.5 Å². The zero-order valence-corrected chi connectivity index (χ0v) is 15.9. The standard InChI is InChI=1S/C18H28BrN3O/c1-13-8-14(2)11-22(10-13)12-15(3)21-18(23)9-20-17-6-4-16(19)5-7-17/h4-7,13-15,20H,8-12H2,1-3H3,(H,21,23)/t13-,14+,15-/m0/s1. The van der Waals surface area contributed by atoms with Crippen LogP contribution in [-0.4, -0.2) is 43.0 Å². The molecular formula is C18H28BrN3O. The smallest absolute Gasteiger partial charge is 0.239 e. The molecule has 1 aromatic rings. The second kappa shape index (κ2) is 8.69. The van der Waals surface area contributed by atoms with Gasteiger partial charge in [-0.25, -0.2) is 0 Å². The average Bonchev–Trinajstić information content (AvgIpc) is 2.45. The molecule has 0 radical (unpaired) electrons. The molecule has 4 nitrogen and oxygen atoms in total. The quantitative estimate of drug-likeness (QED) is 0.793. The number of hydrogen-bond donors (Lipinski definition) is 2. The molecular weight excluding hydrogens is 354 g/mol. The lowest BCUT2D eigenvalue weighted by Gasteiger charge is -2.36. The number of piperidine rings is 1. The molecule has 0 aliphatic carbocycles. The first-order valence-corrected chi connectivity index (χ1v) is 9.23. The van der Waals surface area contributed by atoms with Crippen LogP contribution in [0.3, 0.4) is 0 Å². The van der Waals surface area contributed by atoms with Gasteiger partial charge in [0.2, 0.25) is 5.91 Å². The molecule has 1 aliphatic rings. The minimum atomic E-state index is 0.0403. The van der Waals surface area contributed by atoms with E-state index >= 15 is 0 Å². The third kappa shape index (κ3) is 6.51. The van der Waals surface area contributed by atoms with E-state index in [-0.39, 0.29) is 11.9 Å². The summed E-state index contributed by atoms with van der Waals surface area (Å²) in [5.41, 5.74) is 0.953. The molecule has 0 aromatic heterocycles. The number of hydrogen-bond acceptors (Lipinski definition) is 3. The Morgan fingerprint density at radius 3 is 2.48 bits per heavy atom. The van der Waals surface area contributed by atoms with Crippen molar-refractivity contribution in [1.82, 2.24) is 10.2 Å². The predicted octanol–water partition coefficient (Wildman–Crippen LogP) is 3.34. The van der Waals surface area contributed by atoms with Crippen LogP contribution in [0.1, 0.15) is 27.2 Å². The zero-order chi connectivity index (χ0) is 16.8. The topological polar surface area (TPSA) is 44.4 Å². The Morgan fingerprint density at radius 2 is 1.87 bits per heavy atom. The molecule has 1 amide bonds. The normalized spacial score (nSPS) is 23.3. The molecule has 1 aliphatic heterocycles. The second-order valence-electron chi connectivity index (χ2n) is 6.99. The van der Waals surface area contributed by atoms with Crippen LogP contribution in [0, 0.1) is 11.8 Å². The van der Waals surface area contributed by atoms with Crippen LogP contribution in [0.4, 0.5) is 5.69 Å². The van der Waals surface area contributed by atoms with E-state index in [9.17, 15) is 4.79 Å². The average molecular weight is 382 g/mol. The van der Waals surface area contributed by atoms with Gasteiger partial charge in [-0.05, 0) is 49.4 Å². The van der Waals surface area contributed by atoms with E-state index < -0.39 is 0 Å². The van der Waals surface area contributed by atoms with Crippen LogP contribution in [0.5, 0.6) is 0 Å². The lowest BCUT2D eigenvalue weighted by Crippen LogP contribution is -2.47. The van der Waals surface area contributed by atoms with Gasteiger partial charge in [0.05, 0.1) is 6.54 Å². The van der Waals surface area contributed by atoms with Gasteiger partial charge in [-0.1, -0.05) is 29.8 Å². The number of amides is 1. The molecule has 0 unspecified atom stereocenters. The predicted molar refractivity (Wildman–Crippen MR) is 99.6 cm³/mol. The lowest BCUT2D eigenvalue weighted by molar-refractivity contribution is -0.120. The van der Waals surface area contributed by atoms with Crippen molar-refractivity contribution in [3.63, 3.8) is 0 Å². The summed E-state index contributed by atoms with van der Waals surface area (Å²) >= 11 is 3.40. The Labute approximate surface area is 148 Å². The van der Waals surface area contributed by atoms with Gasteiger partial charge in [0.1, 0.15) is 0 Å². The molecule has 5 heteroatoms. The van der Waals surface area contributed by atoms with Crippen molar-refractivity contribution in [2.45, 2.75) is 33.2 Å². The molecule has 23 heavy (non-hydrogen) atoms. The Hall–Kier alpha value is -1.07. The highest BCUT2D eigenvalue weighted by Gasteiger charge is 2.23. The molecule has 2 rings (SSSR count). The van der Waals surface area contributed by atoms with Crippen molar-refractivity contribution >= 4 is 27.5 Å². The van der Waals surface area contributed by atoms with Gasteiger partial charge in [-0.2, -0.15) is 0 Å². The number of carbonyl (C=O) groups is 1. The number of rotatable bonds is 6. The molecule has 1 heterocycles. The molecule has 128 valence electrons. The molecule has 0 bridgehead atoms. The highest BCUT2D eigenvalue weighted by molar-refractivity contribution is 9.10. The van der Waals surface area contributed by atoms with Crippen LogP contribution in [0.2, 0.25) is 0 Å². The van der Waals surface area contributed by atoms with Crippen molar-refractivity contribution in [3.05, 3.63) is 28.7 Å². The first kappa shape index (κ1) is 18.3.